The predicted octanol–water partition coefficient (Wildman–Crippen LogP) is 8.44. The van der Waals surface area contributed by atoms with Gasteiger partial charge < -0.3 is 9.64 Å². The van der Waals surface area contributed by atoms with E-state index < -0.39 is 40.7 Å². The standard InChI is InChI=1S/C25H20Cl2F7N3O/c1-3-37(4-2)15-7-6-14(18(10-15)38-12-13-5-8-16(26)17(27)9-13)11-35-36-24-22(30)20(28)19(25(32,33)34)21(29)23(24)31/h5-11,36H,3-4,12H2,1-2H3/b35-11-. The second kappa shape index (κ2) is 12.1. The molecule has 3 aromatic carbocycles. The summed E-state index contributed by atoms with van der Waals surface area (Å²) in [5, 5.41) is 4.23. The maximum Gasteiger partial charge on any atom is 0.422 e. The highest BCUT2D eigenvalue weighted by Gasteiger charge is 2.42. The first kappa shape index (κ1) is 29.4. The minimum atomic E-state index is -5.65. The van der Waals surface area contributed by atoms with Gasteiger partial charge in [-0.3, -0.25) is 5.43 Å². The van der Waals surface area contributed by atoms with E-state index in [1.54, 1.807) is 41.8 Å². The highest BCUT2D eigenvalue weighted by Crippen LogP contribution is 2.38. The van der Waals surface area contributed by atoms with E-state index in [2.05, 4.69) is 5.10 Å². The number of alkyl halides is 3. The van der Waals surface area contributed by atoms with Crippen molar-refractivity contribution in [1.29, 1.82) is 0 Å². The smallest absolute Gasteiger partial charge is 0.422 e. The van der Waals surface area contributed by atoms with Crippen LogP contribution in [0.2, 0.25) is 10.0 Å². The third kappa shape index (κ3) is 6.44. The average Bonchev–Trinajstić information content (AvgIpc) is 2.86. The van der Waals surface area contributed by atoms with E-state index in [1.165, 1.54) is 0 Å². The number of anilines is 2. The molecule has 0 bridgehead atoms. The average molecular weight is 582 g/mol. The molecule has 0 heterocycles. The summed E-state index contributed by atoms with van der Waals surface area (Å²) in [6, 6.07) is 9.86. The number of nitrogens with one attached hydrogen (secondary N) is 1. The molecule has 0 atom stereocenters. The van der Waals surface area contributed by atoms with E-state index >= 15 is 0 Å². The first-order valence-electron chi connectivity index (χ1n) is 11.1. The third-order valence-corrected chi connectivity index (χ3v) is 6.17. The molecule has 0 aliphatic rings. The topological polar surface area (TPSA) is 36.9 Å². The summed E-state index contributed by atoms with van der Waals surface area (Å²) >= 11 is 12.0. The number of hydrogen-bond donors (Lipinski definition) is 1. The molecule has 4 nitrogen and oxygen atoms in total. The lowest BCUT2D eigenvalue weighted by molar-refractivity contribution is -0.143. The van der Waals surface area contributed by atoms with Crippen LogP contribution in [0.1, 0.15) is 30.5 Å². The number of hydrogen-bond acceptors (Lipinski definition) is 4. The Hall–Kier alpha value is -3.18. The molecule has 0 amide bonds. The van der Waals surface area contributed by atoms with Crippen molar-refractivity contribution in [3.63, 3.8) is 0 Å². The highest BCUT2D eigenvalue weighted by atomic mass is 35.5. The molecule has 0 aromatic heterocycles. The number of nitrogens with zero attached hydrogens (tertiary/aromatic N) is 2. The number of halogens is 9. The minimum absolute atomic E-state index is 0.0471. The molecule has 0 aliphatic heterocycles. The monoisotopic (exact) mass is 581 g/mol. The zero-order valence-corrected chi connectivity index (χ0v) is 21.4. The quantitative estimate of drug-likeness (QED) is 0.119. The van der Waals surface area contributed by atoms with Crippen LogP contribution in [-0.4, -0.2) is 19.3 Å². The van der Waals surface area contributed by atoms with Gasteiger partial charge in [-0.1, -0.05) is 29.3 Å². The summed E-state index contributed by atoms with van der Waals surface area (Å²) in [5.41, 5.74) is -0.722. The maximum absolute atomic E-state index is 14.2. The van der Waals surface area contributed by atoms with Gasteiger partial charge in [0.15, 0.2) is 23.3 Å². The molecular formula is C25H20Cl2F7N3O. The summed E-state index contributed by atoms with van der Waals surface area (Å²) in [6.45, 7) is 5.31. The Bertz CT molecular complexity index is 1320. The van der Waals surface area contributed by atoms with Gasteiger partial charge in [0.25, 0.3) is 0 Å². The number of benzene rings is 3. The maximum atomic E-state index is 14.2. The van der Waals surface area contributed by atoms with Crippen molar-refractivity contribution in [3.8, 4) is 5.75 Å². The summed E-state index contributed by atoms with van der Waals surface area (Å²) in [5.74, 6) is -9.47. The molecule has 0 saturated heterocycles. The second-order valence-corrected chi connectivity index (χ2v) is 8.62. The van der Waals surface area contributed by atoms with E-state index in [0.29, 0.717) is 28.7 Å². The molecule has 3 aromatic rings. The molecule has 0 fully saturated rings. The van der Waals surface area contributed by atoms with Gasteiger partial charge in [0, 0.05) is 30.4 Å². The summed E-state index contributed by atoms with van der Waals surface area (Å²) < 4.78 is 100. The molecule has 38 heavy (non-hydrogen) atoms. The van der Waals surface area contributed by atoms with Crippen molar-refractivity contribution in [2.75, 3.05) is 23.4 Å². The molecule has 1 N–H and O–H groups in total. The van der Waals surface area contributed by atoms with Crippen molar-refractivity contribution in [1.82, 2.24) is 0 Å². The van der Waals surface area contributed by atoms with Crippen LogP contribution in [0.25, 0.3) is 0 Å². The molecule has 13 heteroatoms. The van der Waals surface area contributed by atoms with Gasteiger partial charge in [-0.2, -0.15) is 18.3 Å². The Balaban J connectivity index is 1.93. The number of ether oxygens (including phenoxy) is 1. The van der Waals surface area contributed by atoms with Crippen LogP contribution in [0.15, 0.2) is 41.5 Å². The van der Waals surface area contributed by atoms with Gasteiger partial charge in [0.2, 0.25) is 0 Å². The molecule has 0 spiro atoms. The molecule has 0 aliphatic carbocycles. The van der Waals surface area contributed by atoms with E-state index in [4.69, 9.17) is 27.9 Å². The lowest BCUT2D eigenvalue weighted by atomic mass is 10.1. The molecule has 3 rings (SSSR count). The molecule has 0 saturated carbocycles. The van der Waals surface area contributed by atoms with Crippen molar-refractivity contribution < 1.29 is 35.5 Å². The van der Waals surface area contributed by atoms with E-state index in [-0.39, 0.29) is 17.9 Å². The van der Waals surface area contributed by atoms with Crippen LogP contribution >= 0.6 is 23.2 Å². The Morgan fingerprint density at radius 2 is 1.53 bits per heavy atom. The zero-order valence-electron chi connectivity index (χ0n) is 19.9. The van der Waals surface area contributed by atoms with Crippen LogP contribution in [0.3, 0.4) is 0 Å². The summed E-state index contributed by atoms with van der Waals surface area (Å²) in [7, 11) is 0. The fraction of sp³-hybridized carbons (Fsp3) is 0.240. The Morgan fingerprint density at radius 1 is 0.895 bits per heavy atom. The van der Waals surface area contributed by atoms with Gasteiger partial charge in [-0.25, -0.2) is 17.6 Å². The van der Waals surface area contributed by atoms with E-state index in [0.717, 1.165) is 11.9 Å². The Kier molecular flexibility index (Phi) is 9.37. The summed E-state index contributed by atoms with van der Waals surface area (Å²) in [6.07, 6.45) is -4.62. The lowest BCUT2D eigenvalue weighted by Gasteiger charge is -2.22. The first-order chi connectivity index (χ1) is 17.9. The van der Waals surface area contributed by atoms with Gasteiger partial charge in [0.05, 0.1) is 16.3 Å². The lowest BCUT2D eigenvalue weighted by Crippen LogP contribution is -2.21. The van der Waals surface area contributed by atoms with Crippen LogP contribution < -0.4 is 15.1 Å². The van der Waals surface area contributed by atoms with Gasteiger partial charge in [-0.15, -0.1) is 0 Å². The van der Waals surface area contributed by atoms with Gasteiger partial charge >= 0.3 is 6.18 Å². The highest BCUT2D eigenvalue weighted by molar-refractivity contribution is 6.42. The number of rotatable bonds is 9. The Morgan fingerprint density at radius 3 is 2.08 bits per heavy atom. The molecule has 204 valence electrons. The van der Waals surface area contributed by atoms with Gasteiger partial charge in [-0.05, 0) is 43.7 Å². The fourth-order valence-corrected chi connectivity index (χ4v) is 3.80. The zero-order chi connectivity index (χ0) is 28.2. The SMILES string of the molecule is CCN(CC)c1ccc(/C=N\Nc2c(F)c(F)c(C(F)(F)F)c(F)c2F)c(OCc2ccc(Cl)c(Cl)c2)c1. The first-order valence-corrected chi connectivity index (χ1v) is 11.8. The number of hydrazone groups is 1. The summed E-state index contributed by atoms with van der Waals surface area (Å²) in [4.78, 5) is 2.02. The Labute approximate surface area is 223 Å². The fourth-order valence-electron chi connectivity index (χ4n) is 3.48. The van der Waals surface area contributed by atoms with Crippen LogP contribution in [-0.2, 0) is 12.8 Å². The largest absolute Gasteiger partial charge is 0.488 e. The van der Waals surface area contributed by atoms with Crippen LogP contribution in [0.4, 0.5) is 42.1 Å². The normalized spacial score (nSPS) is 11.8. The van der Waals surface area contributed by atoms with Crippen molar-refractivity contribution in [2.45, 2.75) is 26.6 Å². The third-order valence-electron chi connectivity index (χ3n) is 5.43. The van der Waals surface area contributed by atoms with E-state index in [1.807, 2.05) is 18.7 Å². The predicted molar refractivity (Wildman–Crippen MR) is 133 cm³/mol. The van der Waals surface area contributed by atoms with Crippen LogP contribution in [0.5, 0.6) is 5.75 Å². The van der Waals surface area contributed by atoms with Crippen molar-refractivity contribution >= 4 is 40.8 Å². The molecule has 0 radical (unpaired) electrons. The van der Waals surface area contributed by atoms with Gasteiger partial charge in [0.1, 0.15) is 23.6 Å². The molecule has 0 unspecified atom stereocenters. The van der Waals surface area contributed by atoms with E-state index in [9.17, 15) is 30.7 Å². The van der Waals surface area contributed by atoms with Crippen LogP contribution in [0, 0.1) is 23.3 Å². The van der Waals surface area contributed by atoms with Crippen molar-refractivity contribution in [2.24, 2.45) is 5.10 Å². The second-order valence-electron chi connectivity index (χ2n) is 7.81. The minimum Gasteiger partial charge on any atom is -0.488 e. The van der Waals surface area contributed by atoms with Crippen molar-refractivity contribution in [3.05, 3.63) is 86.4 Å². The molecular weight excluding hydrogens is 562 g/mol.